The van der Waals surface area contributed by atoms with E-state index < -0.39 is 0 Å². The first kappa shape index (κ1) is 20.6. The topological polar surface area (TPSA) is 0 Å². The molecule has 0 radical (unpaired) electrons. The van der Waals surface area contributed by atoms with Crippen molar-refractivity contribution >= 4 is 22.9 Å². The molecule has 0 unspecified atom stereocenters. The number of hydrogen-bond donors (Lipinski definition) is 1. The molecule has 0 rings (SSSR count). The van der Waals surface area contributed by atoms with Crippen LogP contribution < -0.4 is 0 Å². The molecule has 0 aromatic carbocycles. The second kappa shape index (κ2) is 19.6. The van der Waals surface area contributed by atoms with Gasteiger partial charge in [0.2, 0.25) is 0 Å². The molecule has 122 valence electrons. The average molecular weight is 317 g/mol. The highest BCUT2D eigenvalue weighted by molar-refractivity contribution is 7.80. The first-order chi connectivity index (χ1) is 9.91. The van der Waals surface area contributed by atoms with E-state index in [4.69, 9.17) is 0 Å². The van der Waals surface area contributed by atoms with Crippen molar-refractivity contribution < 1.29 is 0 Å². The van der Waals surface area contributed by atoms with Crippen LogP contribution in [0.25, 0.3) is 0 Å². The van der Waals surface area contributed by atoms with Crippen LogP contribution in [0.4, 0.5) is 0 Å². The minimum absolute atomic E-state index is 1.07. The summed E-state index contributed by atoms with van der Waals surface area (Å²) in [7, 11) is 1.41. The highest BCUT2D eigenvalue weighted by Gasteiger charge is 1.94. The van der Waals surface area contributed by atoms with E-state index in [9.17, 15) is 0 Å². The summed E-state index contributed by atoms with van der Waals surface area (Å²) in [6.45, 7) is 0. The van der Waals surface area contributed by atoms with E-state index in [2.05, 4.69) is 12.6 Å². The molecule has 0 fully saturated rings. The van der Waals surface area contributed by atoms with E-state index in [-0.39, 0.29) is 0 Å². The molecule has 0 nitrogen and oxygen atoms in total. The zero-order valence-corrected chi connectivity index (χ0v) is 17.1. The minimum atomic E-state index is 1.07. The lowest BCUT2D eigenvalue weighted by Gasteiger charge is -2.03. The molecule has 0 aromatic rings. The van der Waals surface area contributed by atoms with Crippen LogP contribution in [-0.2, 0) is 0 Å². The molecular formula is C18H40SSi. The third kappa shape index (κ3) is 18.6. The van der Waals surface area contributed by atoms with Crippen LogP contribution in [0.3, 0.4) is 0 Å². The molecular weight excluding hydrogens is 276 g/mol. The second-order valence-corrected chi connectivity index (χ2v) is 7.83. The molecule has 0 amide bonds. The van der Waals surface area contributed by atoms with Gasteiger partial charge in [-0.3, -0.25) is 0 Å². The van der Waals surface area contributed by atoms with Crippen molar-refractivity contribution in [3.8, 4) is 0 Å². The first-order valence-electron chi connectivity index (χ1n) is 9.52. The van der Waals surface area contributed by atoms with Crippen LogP contribution in [-0.4, -0.2) is 16.0 Å². The second-order valence-electron chi connectivity index (χ2n) is 6.38. The number of unbranched alkanes of at least 4 members (excludes halogenated alkanes) is 15. The Kier molecular flexibility index (Phi) is 20.1. The molecule has 0 aliphatic heterocycles. The van der Waals surface area contributed by atoms with Crippen molar-refractivity contribution in [1.82, 2.24) is 0 Å². The highest BCUT2D eigenvalue weighted by Crippen LogP contribution is 2.13. The third-order valence-corrected chi connectivity index (χ3v) is 5.29. The van der Waals surface area contributed by atoms with E-state index in [0.29, 0.717) is 0 Å². The molecule has 0 N–H and O–H groups in total. The molecule has 0 spiro atoms. The minimum Gasteiger partial charge on any atom is -0.179 e. The average Bonchev–Trinajstić information content (AvgIpc) is 2.47. The van der Waals surface area contributed by atoms with Gasteiger partial charge in [0, 0.05) is 10.2 Å². The zero-order chi connectivity index (χ0) is 14.7. The Bertz CT molecular complexity index is 143. The van der Waals surface area contributed by atoms with E-state index in [0.717, 1.165) is 5.75 Å². The van der Waals surface area contributed by atoms with Crippen LogP contribution in [0.1, 0.15) is 103 Å². The summed E-state index contributed by atoms with van der Waals surface area (Å²) in [5, 5.41) is 0. The van der Waals surface area contributed by atoms with Gasteiger partial charge in [0.1, 0.15) is 0 Å². The maximum absolute atomic E-state index is 4.25. The number of hydrogen-bond acceptors (Lipinski definition) is 1. The Morgan fingerprint density at radius 3 is 0.900 bits per heavy atom. The van der Waals surface area contributed by atoms with Crippen LogP contribution in [0.2, 0.25) is 6.04 Å². The van der Waals surface area contributed by atoms with Gasteiger partial charge in [-0.05, 0) is 12.2 Å². The Hall–Kier alpha value is 0.567. The van der Waals surface area contributed by atoms with Crippen molar-refractivity contribution in [3.63, 3.8) is 0 Å². The van der Waals surface area contributed by atoms with Crippen molar-refractivity contribution in [3.05, 3.63) is 0 Å². The van der Waals surface area contributed by atoms with Crippen LogP contribution in [0.5, 0.6) is 0 Å². The SMILES string of the molecule is [SiH3]CCCCCCCCCCCCCCCCCCS. The Morgan fingerprint density at radius 2 is 0.650 bits per heavy atom. The molecule has 0 bridgehead atoms. The number of thiol groups is 1. The van der Waals surface area contributed by atoms with E-state index in [1.54, 1.807) is 0 Å². The largest absolute Gasteiger partial charge is 0.179 e. The van der Waals surface area contributed by atoms with Gasteiger partial charge in [0.05, 0.1) is 0 Å². The summed E-state index contributed by atoms with van der Waals surface area (Å²) in [6.07, 6.45) is 23.4. The fraction of sp³-hybridized carbons (Fsp3) is 1.00. The summed E-state index contributed by atoms with van der Waals surface area (Å²) in [5.41, 5.74) is 0. The molecule has 0 aliphatic carbocycles. The van der Waals surface area contributed by atoms with Gasteiger partial charge in [0.25, 0.3) is 0 Å². The lowest BCUT2D eigenvalue weighted by molar-refractivity contribution is 0.532. The van der Waals surface area contributed by atoms with Gasteiger partial charge in [-0.2, -0.15) is 12.6 Å². The summed E-state index contributed by atoms with van der Waals surface area (Å²) >= 11 is 4.25. The van der Waals surface area contributed by atoms with Crippen molar-refractivity contribution in [2.45, 2.75) is 109 Å². The standard InChI is InChI=1S/C18H40SSi/c19-17-15-13-11-9-7-5-3-1-2-4-6-8-10-12-14-16-18-20/h19H,1-18H2,20H3. The zero-order valence-electron chi connectivity index (χ0n) is 14.2. The molecule has 0 saturated carbocycles. The summed E-state index contributed by atoms with van der Waals surface area (Å²) in [6, 6.07) is 1.51. The van der Waals surface area contributed by atoms with Gasteiger partial charge in [0.15, 0.2) is 0 Å². The molecule has 0 atom stereocenters. The maximum Gasteiger partial charge on any atom is 0.00279 e. The maximum atomic E-state index is 4.25. The molecule has 0 aliphatic rings. The molecule has 20 heavy (non-hydrogen) atoms. The van der Waals surface area contributed by atoms with Gasteiger partial charge < -0.3 is 0 Å². The molecule has 0 aromatic heterocycles. The van der Waals surface area contributed by atoms with Crippen molar-refractivity contribution in [2.24, 2.45) is 0 Å². The summed E-state index contributed by atoms with van der Waals surface area (Å²) in [5.74, 6) is 1.07. The predicted molar refractivity (Wildman–Crippen MR) is 102 cm³/mol. The summed E-state index contributed by atoms with van der Waals surface area (Å²) in [4.78, 5) is 0. The third-order valence-electron chi connectivity index (χ3n) is 4.26. The fourth-order valence-corrected chi connectivity index (χ4v) is 3.56. The smallest absolute Gasteiger partial charge is 0.00279 e. The van der Waals surface area contributed by atoms with Crippen molar-refractivity contribution in [1.29, 1.82) is 0 Å². The van der Waals surface area contributed by atoms with Gasteiger partial charge in [-0.15, -0.1) is 0 Å². The number of rotatable bonds is 17. The quantitative estimate of drug-likeness (QED) is 0.191. The summed E-state index contributed by atoms with van der Waals surface area (Å²) < 4.78 is 0. The highest BCUT2D eigenvalue weighted by atomic mass is 32.1. The monoisotopic (exact) mass is 316 g/mol. The van der Waals surface area contributed by atoms with Crippen LogP contribution in [0, 0.1) is 0 Å². The van der Waals surface area contributed by atoms with Crippen LogP contribution >= 0.6 is 12.6 Å². The Balaban J connectivity index is 2.89. The van der Waals surface area contributed by atoms with E-state index in [1.165, 1.54) is 119 Å². The molecule has 0 saturated heterocycles. The fourth-order valence-electron chi connectivity index (χ4n) is 2.84. The Morgan fingerprint density at radius 1 is 0.400 bits per heavy atom. The molecule has 2 heteroatoms. The first-order valence-corrected chi connectivity index (χ1v) is 11.6. The predicted octanol–water partition coefficient (Wildman–Crippen LogP) is 5.94. The Labute approximate surface area is 137 Å². The lowest BCUT2D eigenvalue weighted by atomic mass is 10.0. The van der Waals surface area contributed by atoms with Gasteiger partial charge in [-0.25, -0.2) is 0 Å². The van der Waals surface area contributed by atoms with Gasteiger partial charge in [-0.1, -0.05) is 102 Å². The van der Waals surface area contributed by atoms with Crippen molar-refractivity contribution in [2.75, 3.05) is 5.75 Å². The molecule has 0 heterocycles. The lowest BCUT2D eigenvalue weighted by Crippen LogP contribution is -1.84. The van der Waals surface area contributed by atoms with E-state index >= 15 is 0 Å². The normalized spacial score (nSPS) is 11.2. The van der Waals surface area contributed by atoms with E-state index in [1.807, 2.05) is 0 Å². The van der Waals surface area contributed by atoms with Gasteiger partial charge >= 0.3 is 0 Å². The van der Waals surface area contributed by atoms with Crippen LogP contribution in [0.15, 0.2) is 0 Å².